The summed E-state index contributed by atoms with van der Waals surface area (Å²) in [6.45, 7) is 0. The average Bonchev–Trinajstić information content (AvgIpc) is 2.75. The Balaban J connectivity index is 1.97. The first-order valence-electron chi connectivity index (χ1n) is 9.59. The van der Waals surface area contributed by atoms with E-state index in [2.05, 4.69) is 0 Å². The summed E-state index contributed by atoms with van der Waals surface area (Å²) in [7, 11) is 0. The largest absolute Gasteiger partial charge is 0.478 e. The lowest BCUT2D eigenvalue weighted by Crippen LogP contribution is -2.10. The van der Waals surface area contributed by atoms with E-state index in [9.17, 15) is 19.8 Å². The van der Waals surface area contributed by atoms with E-state index in [1.807, 2.05) is 42.5 Å². The molecule has 0 aliphatic heterocycles. The molecule has 0 saturated heterocycles. The summed E-state index contributed by atoms with van der Waals surface area (Å²) in [4.78, 5) is 23.3. The Morgan fingerprint density at radius 3 is 1.58 bits per heavy atom. The number of aromatic carboxylic acids is 2. The maximum absolute atomic E-state index is 11.7. The van der Waals surface area contributed by atoms with Gasteiger partial charge in [0.25, 0.3) is 0 Å². The molecular formula is C25H20N2O4. The van der Waals surface area contributed by atoms with Gasteiger partial charge in [0.05, 0.1) is 11.1 Å². The lowest BCUT2D eigenvalue weighted by atomic mass is 9.83. The number of hydrogen-bond donors (Lipinski definition) is 4. The summed E-state index contributed by atoms with van der Waals surface area (Å²) in [6, 6.07) is 23.6. The van der Waals surface area contributed by atoms with Crippen LogP contribution in [-0.4, -0.2) is 22.2 Å². The molecule has 0 spiro atoms. The molecule has 6 heteroatoms. The average molecular weight is 412 g/mol. The van der Waals surface area contributed by atoms with E-state index in [1.165, 1.54) is 12.1 Å². The number of rotatable bonds is 5. The van der Waals surface area contributed by atoms with Crippen LogP contribution in [-0.2, 0) is 0 Å². The predicted molar refractivity (Wildman–Crippen MR) is 121 cm³/mol. The molecule has 4 aromatic rings. The molecule has 0 amide bonds. The van der Waals surface area contributed by atoms with Crippen LogP contribution in [0.5, 0.6) is 0 Å². The Morgan fingerprint density at radius 1 is 0.613 bits per heavy atom. The van der Waals surface area contributed by atoms with Gasteiger partial charge in [0.2, 0.25) is 0 Å². The van der Waals surface area contributed by atoms with Crippen molar-refractivity contribution in [3.63, 3.8) is 0 Å². The lowest BCUT2D eigenvalue weighted by Gasteiger charge is -2.21. The number of nitrogen functional groups attached to an aromatic ring is 2. The summed E-state index contributed by atoms with van der Waals surface area (Å²) < 4.78 is 0. The van der Waals surface area contributed by atoms with Crippen LogP contribution in [0.25, 0.3) is 10.8 Å². The molecule has 0 atom stereocenters. The molecular weight excluding hydrogens is 392 g/mol. The summed E-state index contributed by atoms with van der Waals surface area (Å²) in [5.41, 5.74) is 14.3. The predicted octanol–water partition coefficient (Wildman–Crippen LogP) is 4.58. The maximum Gasteiger partial charge on any atom is 0.337 e. The fourth-order valence-corrected chi connectivity index (χ4v) is 3.84. The molecule has 0 aliphatic rings. The smallest absolute Gasteiger partial charge is 0.337 e. The number of fused-ring (bicyclic) bond motifs is 1. The van der Waals surface area contributed by atoms with E-state index in [-0.39, 0.29) is 22.5 Å². The Bertz CT molecular complexity index is 1270. The van der Waals surface area contributed by atoms with Gasteiger partial charge in [-0.2, -0.15) is 0 Å². The van der Waals surface area contributed by atoms with Crippen molar-refractivity contribution in [3.05, 3.63) is 107 Å². The van der Waals surface area contributed by atoms with Crippen LogP contribution in [0.2, 0.25) is 0 Å². The molecule has 6 N–H and O–H groups in total. The molecule has 0 bridgehead atoms. The second-order valence-corrected chi connectivity index (χ2v) is 7.34. The van der Waals surface area contributed by atoms with Crippen molar-refractivity contribution in [2.75, 3.05) is 11.5 Å². The minimum Gasteiger partial charge on any atom is -0.478 e. The minimum absolute atomic E-state index is 0.00260. The van der Waals surface area contributed by atoms with E-state index < -0.39 is 17.9 Å². The summed E-state index contributed by atoms with van der Waals surface area (Å²) in [6.07, 6.45) is 0. The Hall–Kier alpha value is -4.32. The summed E-state index contributed by atoms with van der Waals surface area (Å²) in [5.74, 6) is -2.66. The standard InChI is InChI=1S/C25H20N2O4/c26-21-9-7-17(12-19(21)24(28)29)23(18-8-10-22(27)20(13-18)25(30)31)16-6-5-14-3-1-2-4-15(14)11-16/h1-13,23H,26-27H2,(H,28,29)(H,30,31). The highest BCUT2D eigenvalue weighted by Gasteiger charge is 2.22. The molecule has 0 unspecified atom stereocenters. The second kappa shape index (κ2) is 7.84. The third-order valence-electron chi connectivity index (χ3n) is 5.39. The fourth-order valence-electron chi connectivity index (χ4n) is 3.84. The van der Waals surface area contributed by atoms with Gasteiger partial charge >= 0.3 is 11.9 Å². The van der Waals surface area contributed by atoms with Crippen molar-refractivity contribution in [1.82, 2.24) is 0 Å². The zero-order chi connectivity index (χ0) is 22.1. The molecule has 0 aliphatic carbocycles. The van der Waals surface area contributed by atoms with E-state index in [1.54, 1.807) is 24.3 Å². The third kappa shape index (κ3) is 3.79. The summed E-state index contributed by atoms with van der Waals surface area (Å²) in [5, 5.41) is 21.2. The number of benzene rings is 4. The van der Waals surface area contributed by atoms with Gasteiger partial charge in [0.1, 0.15) is 0 Å². The Labute approximate surface area is 178 Å². The SMILES string of the molecule is Nc1ccc(C(c2ccc(N)c(C(=O)O)c2)c2ccc3ccccc3c2)cc1C(=O)O. The maximum atomic E-state index is 11.7. The van der Waals surface area contributed by atoms with Gasteiger partial charge in [0, 0.05) is 17.3 Å². The van der Waals surface area contributed by atoms with Gasteiger partial charge in [-0.25, -0.2) is 9.59 Å². The quantitative estimate of drug-likeness (QED) is 0.281. The normalized spacial score (nSPS) is 11.0. The Kier molecular flexibility index (Phi) is 5.05. The zero-order valence-corrected chi connectivity index (χ0v) is 16.4. The van der Waals surface area contributed by atoms with E-state index in [4.69, 9.17) is 11.5 Å². The molecule has 0 heterocycles. The monoisotopic (exact) mass is 412 g/mol. The molecule has 6 nitrogen and oxygen atoms in total. The molecule has 0 fully saturated rings. The molecule has 154 valence electrons. The van der Waals surface area contributed by atoms with E-state index >= 15 is 0 Å². The number of carboxylic acids is 2. The van der Waals surface area contributed by atoms with Crippen LogP contribution in [0, 0.1) is 0 Å². The first-order chi connectivity index (χ1) is 14.8. The third-order valence-corrected chi connectivity index (χ3v) is 5.39. The Morgan fingerprint density at radius 2 is 1.06 bits per heavy atom. The first kappa shape index (κ1) is 20.0. The lowest BCUT2D eigenvalue weighted by molar-refractivity contribution is 0.0687. The van der Waals surface area contributed by atoms with Gasteiger partial charge in [-0.3, -0.25) is 0 Å². The van der Waals surface area contributed by atoms with Crippen LogP contribution in [0.15, 0.2) is 78.9 Å². The highest BCUT2D eigenvalue weighted by molar-refractivity contribution is 5.95. The zero-order valence-electron chi connectivity index (χ0n) is 16.4. The van der Waals surface area contributed by atoms with Crippen LogP contribution in [0.1, 0.15) is 43.3 Å². The van der Waals surface area contributed by atoms with Crippen molar-refractivity contribution in [2.24, 2.45) is 0 Å². The number of nitrogens with two attached hydrogens (primary N) is 2. The molecule has 0 aromatic heterocycles. The topological polar surface area (TPSA) is 127 Å². The van der Waals surface area contributed by atoms with Crippen molar-refractivity contribution in [2.45, 2.75) is 5.92 Å². The van der Waals surface area contributed by atoms with E-state index in [0.29, 0.717) is 11.1 Å². The second-order valence-electron chi connectivity index (χ2n) is 7.34. The van der Waals surface area contributed by atoms with Gasteiger partial charge in [0.15, 0.2) is 0 Å². The highest BCUT2D eigenvalue weighted by Crippen LogP contribution is 2.36. The number of carboxylic acid groups (broad SMARTS) is 2. The number of carbonyl (C=O) groups is 2. The van der Waals surface area contributed by atoms with E-state index in [0.717, 1.165) is 16.3 Å². The fraction of sp³-hybridized carbons (Fsp3) is 0.0400. The number of hydrogen-bond acceptors (Lipinski definition) is 4. The van der Waals surface area contributed by atoms with Crippen molar-refractivity contribution in [1.29, 1.82) is 0 Å². The van der Waals surface area contributed by atoms with Crippen molar-refractivity contribution >= 4 is 34.1 Å². The number of anilines is 2. The molecule has 4 rings (SSSR count). The van der Waals surface area contributed by atoms with Crippen LogP contribution < -0.4 is 11.5 Å². The van der Waals surface area contributed by atoms with Gasteiger partial charge in [-0.15, -0.1) is 0 Å². The highest BCUT2D eigenvalue weighted by atomic mass is 16.4. The van der Waals surface area contributed by atoms with Crippen LogP contribution in [0.4, 0.5) is 11.4 Å². The van der Waals surface area contributed by atoms with Crippen LogP contribution in [0.3, 0.4) is 0 Å². The molecule has 4 aromatic carbocycles. The van der Waals surface area contributed by atoms with Crippen molar-refractivity contribution < 1.29 is 19.8 Å². The first-order valence-corrected chi connectivity index (χ1v) is 9.59. The molecule has 0 radical (unpaired) electrons. The van der Waals surface area contributed by atoms with Crippen molar-refractivity contribution in [3.8, 4) is 0 Å². The van der Waals surface area contributed by atoms with Gasteiger partial charge in [-0.1, -0.05) is 54.6 Å². The van der Waals surface area contributed by atoms with Gasteiger partial charge in [-0.05, 0) is 51.7 Å². The molecule has 31 heavy (non-hydrogen) atoms. The molecule has 0 saturated carbocycles. The van der Waals surface area contributed by atoms with Gasteiger partial charge < -0.3 is 21.7 Å². The minimum atomic E-state index is -1.12. The summed E-state index contributed by atoms with van der Waals surface area (Å²) >= 11 is 0. The van der Waals surface area contributed by atoms with Crippen LogP contribution >= 0.6 is 0 Å².